The van der Waals surface area contributed by atoms with Crippen LogP contribution in [-0.2, 0) is 0 Å². The lowest BCUT2D eigenvalue weighted by atomic mass is 9.93. The van der Waals surface area contributed by atoms with Crippen LogP contribution in [0.5, 0.6) is 0 Å². The summed E-state index contributed by atoms with van der Waals surface area (Å²) >= 11 is 11.2. The van der Waals surface area contributed by atoms with Crippen LogP contribution in [0.3, 0.4) is 0 Å². The molecule has 6 heterocycles. The molecule has 0 saturated heterocycles. The van der Waals surface area contributed by atoms with E-state index >= 15 is 0 Å². The van der Waals surface area contributed by atoms with Crippen LogP contribution < -0.4 is 0 Å². The minimum atomic E-state index is 1.26. The van der Waals surface area contributed by atoms with Crippen LogP contribution in [-0.4, -0.2) is 0 Å². The Bertz CT molecular complexity index is 2340. The van der Waals surface area contributed by atoms with Gasteiger partial charge in [-0.15, -0.1) is 68.0 Å². The van der Waals surface area contributed by atoms with Crippen molar-refractivity contribution in [2.75, 3.05) is 0 Å². The monoisotopic (exact) mass is 720 g/mol. The highest BCUT2D eigenvalue weighted by Gasteiger charge is 2.20. The number of hydrogen-bond acceptors (Lipinski definition) is 6. The molecular weight excluding hydrogens is 697 g/mol. The molecule has 0 saturated carbocycles. The Hall–Kier alpha value is -4.14. The van der Waals surface area contributed by atoms with Crippen LogP contribution >= 0.6 is 68.0 Å². The maximum atomic E-state index is 2.42. The van der Waals surface area contributed by atoms with Crippen LogP contribution in [0.4, 0.5) is 0 Å². The highest BCUT2D eigenvalue weighted by molar-refractivity contribution is 7.27. The first-order valence-electron chi connectivity index (χ1n) is 15.6. The van der Waals surface area contributed by atoms with Crippen molar-refractivity contribution >= 4 is 98.3 Å². The summed E-state index contributed by atoms with van der Waals surface area (Å²) in [5, 5.41) is 10.7. The van der Waals surface area contributed by atoms with Crippen molar-refractivity contribution in [1.82, 2.24) is 0 Å². The number of fused-ring (bicyclic) bond motifs is 3. The Morgan fingerprint density at radius 2 is 0.625 bits per heavy atom. The first kappa shape index (κ1) is 28.8. The molecule has 0 atom stereocenters. The molecule has 0 fully saturated rings. The zero-order valence-electron chi connectivity index (χ0n) is 25.3. The van der Waals surface area contributed by atoms with Crippen molar-refractivity contribution in [2.24, 2.45) is 0 Å². The van der Waals surface area contributed by atoms with Crippen LogP contribution in [0.2, 0.25) is 0 Å². The van der Waals surface area contributed by atoms with Crippen LogP contribution in [0.15, 0.2) is 144 Å². The standard InChI is InChI=1S/C42H24S6/c1-4-10-34-25(7-1)22-37(46-34)40-31(13-16-43-40)28-19-29(32-14-17-44-41(32)38-23-26-8-2-5-11-35(26)47-38)21-30(20-28)33-15-18-45-42(33)39-24-27-9-3-6-12-36(27)48-39/h1-24H. The van der Waals surface area contributed by atoms with Gasteiger partial charge in [-0.05, 0) is 122 Å². The second-order valence-corrected chi connectivity index (χ2v) is 17.7. The molecule has 4 aromatic carbocycles. The summed E-state index contributed by atoms with van der Waals surface area (Å²) in [6.45, 7) is 0. The molecule has 228 valence electrons. The average molecular weight is 721 g/mol. The minimum Gasteiger partial charge on any atom is -0.142 e. The maximum Gasteiger partial charge on any atom is 0.0521 e. The molecule has 0 radical (unpaired) electrons. The third-order valence-corrected chi connectivity index (χ3v) is 15.4. The Labute approximate surface area is 302 Å². The van der Waals surface area contributed by atoms with Gasteiger partial charge in [0.05, 0.1) is 14.6 Å². The number of benzene rings is 4. The number of rotatable bonds is 6. The van der Waals surface area contributed by atoms with Crippen molar-refractivity contribution < 1.29 is 0 Å². The second kappa shape index (κ2) is 11.8. The highest BCUT2D eigenvalue weighted by atomic mass is 32.1. The van der Waals surface area contributed by atoms with Gasteiger partial charge in [-0.3, -0.25) is 0 Å². The van der Waals surface area contributed by atoms with E-state index in [1.807, 2.05) is 68.0 Å². The summed E-state index contributed by atoms with van der Waals surface area (Å²) in [4.78, 5) is 8.00. The summed E-state index contributed by atoms with van der Waals surface area (Å²) in [5.41, 5.74) is 7.68. The molecule has 10 rings (SSSR count). The average Bonchev–Trinajstić information content (AvgIpc) is 3.97. The van der Waals surface area contributed by atoms with Gasteiger partial charge in [-0.2, -0.15) is 0 Å². The van der Waals surface area contributed by atoms with E-state index in [1.165, 1.54) is 92.9 Å². The van der Waals surface area contributed by atoms with Crippen molar-refractivity contribution in [3.05, 3.63) is 144 Å². The zero-order valence-corrected chi connectivity index (χ0v) is 30.2. The van der Waals surface area contributed by atoms with Gasteiger partial charge in [0.1, 0.15) is 0 Å². The molecular formula is C42H24S6. The first-order chi connectivity index (χ1) is 23.7. The predicted molar refractivity (Wildman–Crippen MR) is 219 cm³/mol. The molecule has 0 nitrogen and oxygen atoms in total. The number of thiophene rings is 6. The third kappa shape index (κ3) is 4.95. The first-order valence-corrected chi connectivity index (χ1v) is 20.7. The quantitative estimate of drug-likeness (QED) is 0.160. The molecule has 0 bridgehead atoms. The van der Waals surface area contributed by atoms with Gasteiger partial charge < -0.3 is 0 Å². The van der Waals surface area contributed by atoms with E-state index in [0.29, 0.717) is 0 Å². The Morgan fingerprint density at radius 1 is 0.312 bits per heavy atom. The van der Waals surface area contributed by atoms with Crippen molar-refractivity contribution in [3.8, 4) is 62.6 Å². The lowest BCUT2D eigenvalue weighted by Crippen LogP contribution is -1.86. The van der Waals surface area contributed by atoms with Gasteiger partial charge in [-0.25, -0.2) is 0 Å². The van der Waals surface area contributed by atoms with E-state index in [0.717, 1.165) is 0 Å². The van der Waals surface area contributed by atoms with E-state index in [4.69, 9.17) is 0 Å². The zero-order chi connectivity index (χ0) is 31.6. The molecule has 48 heavy (non-hydrogen) atoms. The van der Waals surface area contributed by atoms with E-state index in [2.05, 4.69) is 144 Å². The fourth-order valence-corrected chi connectivity index (χ4v) is 12.9. The summed E-state index contributed by atoms with van der Waals surface area (Å²) in [6, 6.07) is 47.4. The molecule has 6 aromatic heterocycles. The topological polar surface area (TPSA) is 0 Å². The summed E-state index contributed by atoms with van der Waals surface area (Å²) < 4.78 is 4.00. The summed E-state index contributed by atoms with van der Waals surface area (Å²) in [7, 11) is 0. The molecule has 0 N–H and O–H groups in total. The van der Waals surface area contributed by atoms with Gasteiger partial charge >= 0.3 is 0 Å². The summed E-state index contributed by atoms with van der Waals surface area (Å²) in [5.74, 6) is 0. The van der Waals surface area contributed by atoms with Crippen molar-refractivity contribution in [3.63, 3.8) is 0 Å². The molecule has 10 aromatic rings. The Kier molecular flexibility index (Phi) is 7.07. The maximum absolute atomic E-state index is 2.42. The molecule has 0 unspecified atom stereocenters. The van der Waals surface area contributed by atoms with E-state index in [-0.39, 0.29) is 0 Å². The largest absolute Gasteiger partial charge is 0.142 e. The molecule has 0 amide bonds. The van der Waals surface area contributed by atoms with Crippen LogP contribution in [0, 0.1) is 0 Å². The fraction of sp³-hybridized carbons (Fsp3) is 0. The predicted octanol–water partition coefficient (Wildman–Crippen LogP) is 15.5. The Morgan fingerprint density at radius 3 is 0.938 bits per heavy atom. The second-order valence-electron chi connectivity index (χ2n) is 11.7. The highest BCUT2D eigenvalue weighted by Crippen LogP contribution is 2.49. The number of hydrogen-bond donors (Lipinski definition) is 0. The normalized spacial score (nSPS) is 11.8. The fourth-order valence-electron chi connectivity index (χ4n) is 6.56. The SMILES string of the molecule is c1ccc2sc(-c3sccc3-c3cc(-c4ccsc4-c4cc5ccccc5s4)cc(-c4ccsc4-c4cc5ccccc5s4)c3)cc2c1. The molecule has 6 heteroatoms. The van der Waals surface area contributed by atoms with E-state index < -0.39 is 0 Å². The smallest absolute Gasteiger partial charge is 0.0521 e. The molecule has 0 aliphatic heterocycles. The summed E-state index contributed by atoms with van der Waals surface area (Å²) in [6.07, 6.45) is 0. The molecule has 0 aliphatic carbocycles. The van der Waals surface area contributed by atoms with Gasteiger partial charge in [0.15, 0.2) is 0 Å². The van der Waals surface area contributed by atoms with E-state index in [1.54, 1.807) is 0 Å². The van der Waals surface area contributed by atoms with Crippen LogP contribution in [0.1, 0.15) is 0 Å². The molecule has 0 aliphatic rings. The van der Waals surface area contributed by atoms with Gasteiger partial charge in [0, 0.05) is 45.4 Å². The van der Waals surface area contributed by atoms with Crippen molar-refractivity contribution in [2.45, 2.75) is 0 Å². The lowest BCUT2D eigenvalue weighted by Gasteiger charge is -2.12. The van der Waals surface area contributed by atoms with Gasteiger partial charge in [-0.1, -0.05) is 54.6 Å². The van der Waals surface area contributed by atoms with E-state index in [9.17, 15) is 0 Å². The minimum absolute atomic E-state index is 1.26. The molecule has 0 spiro atoms. The van der Waals surface area contributed by atoms with Crippen molar-refractivity contribution in [1.29, 1.82) is 0 Å². The van der Waals surface area contributed by atoms with Crippen LogP contribution in [0.25, 0.3) is 92.9 Å². The lowest BCUT2D eigenvalue weighted by molar-refractivity contribution is 1.63. The third-order valence-electron chi connectivity index (χ3n) is 8.81. The van der Waals surface area contributed by atoms with Gasteiger partial charge in [0.2, 0.25) is 0 Å². The van der Waals surface area contributed by atoms with Gasteiger partial charge in [0.25, 0.3) is 0 Å². The Balaban J connectivity index is 1.17.